The van der Waals surface area contributed by atoms with Gasteiger partial charge in [-0.15, -0.1) is 32.0 Å². The van der Waals surface area contributed by atoms with Crippen molar-refractivity contribution in [3.8, 4) is 5.75 Å². The first-order valence-corrected chi connectivity index (χ1v) is 6.21. The second kappa shape index (κ2) is 7.36. The molecule has 10 heteroatoms. The quantitative estimate of drug-likeness (QED) is 0.501. The lowest BCUT2D eigenvalue weighted by Gasteiger charge is -2.04. The molecule has 0 spiro atoms. The summed E-state index contributed by atoms with van der Waals surface area (Å²) >= 11 is 0. The highest BCUT2D eigenvalue weighted by Gasteiger charge is 2.11. The first-order valence-electron chi connectivity index (χ1n) is 6.21. The van der Waals surface area contributed by atoms with Crippen molar-refractivity contribution in [1.29, 1.82) is 5.41 Å². The van der Waals surface area contributed by atoms with Crippen LogP contribution in [0.15, 0.2) is 39.4 Å². The Labute approximate surface area is 132 Å². The van der Waals surface area contributed by atoms with E-state index in [4.69, 9.17) is 15.9 Å². The number of nitrogens with one attached hydrogen (secondary N) is 1. The fourth-order valence-electron chi connectivity index (χ4n) is 1.63. The van der Waals surface area contributed by atoms with Crippen molar-refractivity contribution in [3.63, 3.8) is 0 Å². The van der Waals surface area contributed by atoms with Gasteiger partial charge in [0.05, 0.1) is 6.61 Å². The third kappa shape index (κ3) is 3.50. The molecular weight excluding hydrogens is 310 g/mol. The van der Waals surface area contributed by atoms with Crippen LogP contribution < -0.4 is 16.2 Å². The van der Waals surface area contributed by atoms with Crippen LogP contribution in [0.4, 0.5) is 5.69 Å². The molecule has 0 atom stereocenters. The molecular formula is C12H16ClN7O2. The fourth-order valence-corrected chi connectivity index (χ4v) is 1.63. The maximum atomic E-state index is 11.9. The van der Waals surface area contributed by atoms with Crippen molar-refractivity contribution in [3.05, 3.63) is 40.6 Å². The number of halogens is 1. The van der Waals surface area contributed by atoms with Crippen LogP contribution in [-0.2, 0) is 0 Å². The molecule has 0 unspecified atom stereocenters. The predicted molar refractivity (Wildman–Crippen MR) is 83.3 cm³/mol. The molecule has 118 valence electrons. The lowest BCUT2D eigenvalue weighted by Crippen LogP contribution is -2.33. The Kier molecular flexibility index (Phi) is 5.81. The molecule has 3 N–H and O–H groups in total. The van der Waals surface area contributed by atoms with Gasteiger partial charge in [-0.25, -0.2) is 4.79 Å². The Morgan fingerprint density at radius 3 is 2.73 bits per heavy atom. The molecule has 1 aromatic carbocycles. The standard InChI is InChI=1S/C12H15N7O2.ClH/c1-3-21-10-7-5-4-6-9(10)15-17-18-8(2)16-19(11(13)14)12(18)20;/h4-7H,3H2,1-2H3,(H3,13,14);1H. The number of nitrogen functional groups attached to an aromatic ring is 1. The summed E-state index contributed by atoms with van der Waals surface area (Å²) in [6.45, 7) is 3.92. The monoisotopic (exact) mass is 325 g/mol. The molecule has 0 bridgehead atoms. The normalized spacial score (nSPS) is 10.5. The number of hydrogen-bond donors (Lipinski definition) is 2. The van der Waals surface area contributed by atoms with Gasteiger partial charge in [0.15, 0.2) is 5.82 Å². The summed E-state index contributed by atoms with van der Waals surface area (Å²) in [5, 5.41) is 18.9. The number of nitrogens with two attached hydrogens (primary N) is 1. The molecule has 1 aromatic heterocycles. The zero-order valence-electron chi connectivity index (χ0n) is 12.1. The minimum absolute atomic E-state index is 0. The van der Waals surface area contributed by atoms with Crippen LogP contribution in [0.3, 0.4) is 0 Å². The summed E-state index contributed by atoms with van der Waals surface area (Å²) in [5.41, 5.74) is 5.08. The Bertz CT molecular complexity index is 750. The van der Waals surface area contributed by atoms with E-state index in [0.717, 1.165) is 9.36 Å². The van der Waals surface area contributed by atoms with Gasteiger partial charge in [-0.2, -0.15) is 0 Å². The van der Waals surface area contributed by atoms with Gasteiger partial charge in [-0.3, -0.25) is 5.41 Å². The SMILES string of the molecule is CCOc1ccccc1N=Nn1c(C)nn(C(=N)N)c1=O.Cl. The summed E-state index contributed by atoms with van der Waals surface area (Å²) in [5.74, 6) is 0.355. The van der Waals surface area contributed by atoms with Crippen LogP contribution in [0.5, 0.6) is 5.75 Å². The van der Waals surface area contributed by atoms with Gasteiger partial charge >= 0.3 is 5.69 Å². The Hall–Kier alpha value is -2.68. The third-order valence-corrected chi connectivity index (χ3v) is 2.55. The average molecular weight is 326 g/mol. The number of para-hydroxylation sites is 1. The van der Waals surface area contributed by atoms with Gasteiger partial charge in [0.2, 0.25) is 5.96 Å². The van der Waals surface area contributed by atoms with Crippen LogP contribution in [0.25, 0.3) is 0 Å². The Morgan fingerprint density at radius 2 is 2.14 bits per heavy atom. The first-order chi connectivity index (χ1) is 10.0. The molecule has 0 aliphatic heterocycles. The summed E-state index contributed by atoms with van der Waals surface area (Å²) < 4.78 is 7.11. The zero-order valence-corrected chi connectivity index (χ0v) is 12.9. The van der Waals surface area contributed by atoms with E-state index in [-0.39, 0.29) is 18.2 Å². The molecule has 0 saturated heterocycles. The second-order valence-corrected chi connectivity index (χ2v) is 4.03. The van der Waals surface area contributed by atoms with Crippen LogP contribution in [0, 0.1) is 12.3 Å². The molecule has 0 aliphatic carbocycles. The molecule has 2 aromatic rings. The van der Waals surface area contributed by atoms with Crippen molar-refractivity contribution in [2.75, 3.05) is 6.61 Å². The number of rotatable bonds is 4. The van der Waals surface area contributed by atoms with Crippen molar-refractivity contribution in [2.24, 2.45) is 16.1 Å². The number of aromatic nitrogens is 3. The number of nitrogens with zero attached hydrogens (tertiary/aromatic N) is 5. The lowest BCUT2D eigenvalue weighted by atomic mass is 10.3. The third-order valence-electron chi connectivity index (χ3n) is 2.55. The fraction of sp³-hybridized carbons (Fsp3) is 0.250. The largest absolute Gasteiger partial charge is 0.492 e. The molecule has 1 heterocycles. The highest BCUT2D eigenvalue weighted by Crippen LogP contribution is 2.26. The van der Waals surface area contributed by atoms with Crippen LogP contribution in [-0.4, -0.2) is 27.0 Å². The van der Waals surface area contributed by atoms with Crippen LogP contribution in [0.1, 0.15) is 12.7 Å². The van der Waals surface area contributed by atoms with Crippen LogP contribution >= 0.6 is 12.4 Å². The van der Waals surface area contributed by atoms with Crippen LogP contribution in [0.2, 0.25) is 0 Å². The number of aryl methyl sites for hydroxylation is 1. The van der Waals surface area contributed by atoms with Gasteiger partial charge in [0.25, 0.3) is 0 Å². The number of ether oxygens (including phenoxy) is 1. The molecule has 22 heavy (non-hydrogen) atoms. The maximum Gasteiger partial charge on any atom is 0.375 e. The van der Waals surface area contributed by atoms with Gasteiger partial charge in [0.1, 0.15) is 11.4 Å². The highest BCUT2D eigenvalue weighted by atomic mass is 35.5. The molecule has 0 radical (unpaired) electrons. The lowest BCUT2D eigenvalue weighted by molar-refractivity contribution is 0.341. The van der Waals surface area contributed by atoms with E-state index in [1.54, 1.807) is 25.1 Å². The Morgan fingerprint density at radius 1 is 1.45 bits per heavy atom. The van der Waals surface area contributed by atoms with E-state index >= 15 is 0 Å². The van der Waals surface area contributed by atoms with E-state index < -0.39 is 11.6 Å². The molecule has 9 nitrogen and oxygen atoms in total. The molecule has 0 fully saturated rings. The van der Waals surface area contributed by atoms with Gasteiger partial charge < -0.3 is 10.5 Å². The van der Waals surface area contributed by atoms with Gasteiger partial charge in [-0.1, -0.05) is 17.4 Å². The van der Waals surface area contributed by atoms with Crippen molar-refractivity contribution < 1.29 is 4.74 Å². The minimum Gasteiger partial charge on any atom is -0.492 e. The number of hydrogen-bond acceptors (Lipinski definition) is 6. The van der Waals surface area contributed by atoms with E-state index in [1.165, 1.54) is 0 Å². The molecule has 0 amide bonds. The zero-order chi connectivity index (χ0) is 15.4. The molecule has 2 rings (SSSR count). The van der Waals surface area contributed by atoms with E-state index in [0.29, 0.717) is 18.0 Å². The smallest absolute Gasteiger partial charge is 0.375 e. The van der Waals surface area contributed by atoms with Crippen molar-refractivity contribution in [2.45, 2.75) is 13.8 Å². The van der Waals surface area contributed by atoms with Gasteiger partial charge in [-0.05, 0) is 26.0 Å². The van der Waals surface area contributed by atoms with E-state index in [1.807, 2.05) is 13.0 Å². The average Bonchev–Trinajstić information content (AvgIpc) is 2.74. The molecule has 0 saturated carbocycles. The first kappa shape index (κ1) is 17.4. The summed E-state index contributed by atoms with van der Waals surface area (Å²) in [4.78, 5) is 11.9. The van der Waals surface area contributed by atoms with Crippen molar-refractivity contribution in [1.82, 2.24) is 14.5 Å². The summed E-state index contributed by atoms with van der Waals surface area (Å²) in [7, 11) is 0. The topological polar surface area (TPSA) is 124 Å². The highest BCUT2D eigenvalue weighted by molar-refractivity contribution is 5.85. The maximum absolute atomic E-state index is 11.9. The predicted octanol–water partition coefficient (Wildman–Crippen LogP) is 1.46. The summed E-state index contributed by atoms with van der Waals surface area (Å²) in [6.07, 6.45) is 0. The number of benzene rings is 1. The van der Waals surface area contributed by atoms with Crippen molar-refractivity contribution >= 4 is 24.1 Å². The van der Waals surface area contributed by atoms with E-state index in [2.05, 4.69) is 15.4 Å². The second-order valence-electron chi connectivity index (χ2n) is 4.03. The van der Waals surface area contributed by atoms with Gasteiger partial charge in [0, 0.05) is 0 Å². The minimum atomic E-state index is -0.655. The summed E-state index contributed by atoms with van der Waals surface area (Å²) in [6, 6.07) is 7.07. The Balaban J connectivity index is 0.00000242. The molecule has 0 aliphatic rings. The van der Waals surface area contributed by atoms with E-state index in [9.17, 15) is 4.79 Å².